The topological polar surface area (TPSA) is 111 Å². The molecule has 1 amide bonds. The maximum absolute atomic E-state index is 12.7. The summed E-state index contributed by atoms with van der Waals surface area (Å²) < 4.78 is 11.8. The van der Waals surface area contributed by atoms with E-state index in [9.17, 15) is 14.4 Å². The third kappa shape index (κ3) is 4.36. The number of aliphatic carboxylic acids is 1. The standard InChI is InChI=1S/C18H23N3O6/c1-11(18(24)25)20(2)16(22)6-5-7-21-10-19-13-9-15(27-4)14(26-3)8-12(13)17(21)23/h8-11H,5-7H2,1-4H3,(H,24,25). The summed E-state index contributed by atoms with van der Waals surface area (Å²) in [6, 6.07) is 2.31. The molecule has 0 spiro atoms. The number of aryl methyl sites for hydroxylation is 1. The maximum Gasteiger partial charge on any atom is 0.326 e. The molecule has 1 unspecified atom stereocenters. The van der Waals surface area contributed by atoms with Gasteiger partial charge in [-0.3, -0.25) is 14.2 Å². The number of rotatable bonds is 8. The lowest BCUT2D eigenvalue weighted by Gasteiger charge is -2.21. The van der Waals surface area contributed by atoms with E-state index in [0.717, 1.165) is 0 Å². The van der Waals surface area contributed by atoms with Crippen molar-refractivity contribution >= 4 is 22.8 Å². The number of benzene rings is 1. The van der Waals surface area contributed by atoms with Crippen molar-refractivity contribution in [2.75, 3.05) is 21.3 Å². The first kappa shape index (κ1) is 20.2. The molecular formula is C18H23N3O6. The van der Waals surface area contributed by atoms with Crippen molar-refractivity contribution in [2.45, 2.75) is 32.4 Å². The number of methoxy groups -OCH3 is 2. The fraction of sp³-hybridized carbons (Fsp3) is 0.444. The molecule has 27 heavy (non-hydrogen) atoms. The molecular weight excluding hydrogens is 354 g/mol. The highest BCUT2D eigenvalue weighted by molar-refractivity contribution is 5.83. The largest absolute Gasteiger partial charge is 0.493 e. The molecule has 9 heteroatoms. The third-order valence-corrected chi connectivity index (χ3v) is 4.45. The van der Waals surface area contributed by atoms with E-state index < -0.39 is 12.0 Å². The van der Waals surface area contributed by atoms with Crippen molar-refractivity contribution in [1.82, 2.24) is 14.5 Å². The monoisotopic (exact) mass is 377 g/mol. The van der Waals surface area contributed by atoms with Crippen LogP contribution in [0.15, 0.2) is 23.3 Å². The number of amides is 1. The van der Waals surface area contributed by atoms with Gasteiger partial charge in [0.1, 0.15) is 6.04 Å². The summed E-state index contributed by atoms with van der Waals surface area (Å²) in [4.78, 5) is 41.1. The van der Waals surface area contributed by atoms with Gasteiger partial charge in [-0.25, -0.2) is 9.78 Å². The highest BCUT2D eigenvalue weighted by Crippen LogP contribution is 2.29. The van der Waals surface area contributed by atoms with Crippen LogP contribution in [-0.4, -0.2) is 58.7 Å². The van der Waals surface area contributed by atoms with Gasteiger partial charge in [-0.2, -0.15) is 0 Å². The summed E-state index contributed by atoms with van der Waals surface area (Å²) >= 11 is 0. The third-order valence-electron chi connectivity index (χ3n) is 4.45. The molecule has 2 rings (SSSR count). The predicted octanol–water partition coefficient (Wildman–Crippen LogP) is 1.13. The Morgan fingerprint density at radius 3 is 2.48 bits per heavy atom. The van der Waals surface area contributed by atoms with Crippen LogP contribution in [0.5, 0.6) is 11.5 Å². The van der Waals surface area contributed by atoms with E-state index in [0.29, 0.717) is 28.8 Å². The van der Waals surface area contributed by atoms with Gasteiger partial charge in [-0.1, -0.05) is 0 Å². The van der Waals surface area contributed by atoms with E-state index in [2.05, 4.69) is 4.98 Å². The first-order valence-electron chi connectivity index (χ1n) is 8.39. The van der Waals surface area contributed by atoms with Crippen LogP contribution < -0.4 is 15.0 Å². The van der Waals surface area contributed by atoms with Gasteiger partial charge < -0.3 is 19.5 Å². The SMILES string of the molecule is COc1cc2ncn(CCCC(=O)N(C)C(C)C(=O)O)c(=O)c2cc1OC. The van der Waals surface area contributed by atoms with Crippen LogP contribution in [0.1, 0.15) is 19.8 Å². The lowest BCUT2D eigenvalue weighted by atomic mass is 10.2. The Morgan fingerprint density at radius 1 is 1.26 bits per heavy atom. The second-order valence-corrected chi connectivity index (χ2v) is 6.09. The Labute approximate surface area is 156 Å². The van der Waals surface area contributed by atoms with Crippen LogP contribution in [-0.2, 0) is 16.1 Å². The number of fused-ring (bicyclic) bond motifs is 1. The fourth-order valence-electron chi connectivity index (χ4n) is 2.60. The Bertz CT molecular complexity index is 908. The minimum Gasteiger partial charge on any atom is -0.493 e. The highest BCUT2D eigenvalue weighted by atomic mass is 16.5. The van der Waals surface area contributed by atoms with Gasteiger partial charge in [0.05, 0.1) is 31.4 Å². The van der Waals surface area contributed by atoms with Crippen LogP contribution in [0.4, 0.5) is 0 Å². The Morgan fingerprint density at radius 2 is 1.89 bits per heavy atom. The molecule has 0 aliphatic rings. The second-order valence-electron chi connectivity index (χ2n) is 6.09. The summed E-state index contributed by atoms with van der Waals surface area (Å²) in [7, 11) is 4.44. The van der Waals surface area contributed by atoms with E-state index >= 15 is 0 Å². The predicted molar refractivity (Wildman–Crippen MR) is 98.2 cm³/mol. The number of hydrogen-bond donors (Lipinski definition) is 1. The van der Waals surface area contributed by atoms with E-state index in [1.807, 2.05) is 0 Å². The molecule has 0 saturated carbocycles. The molecule has 0 radical (unpaired) electrons. The first-order valence-corrected chi connectivity index (χ1v) is 8.39. The van der Waals surface area contributed by atoms with Gasteiger partial charge in [-0.05, 0) is 19.4 Å². The summed E-state index contributed by atoms with van der Waals surface area (Å²) in [5.74, 6) is -0.444. The molecule has 1 aromatic heterocycles. The summed E-state index contributed by atoms with van der Waals surface area (Å²) in [5, 5.41) is 9.34. The molecule has 0 saturated heterocycles. The van der Waals surface area contributed by atoms with Crippen molar-refractivity contribution in [3.8, 4) is 11.5 Å². The first-order chi connectivity index (χ1) is 12.8. The summed E-state index contributed by atoms with van der Waals surface area (Å²) in [6.45, 7) is 1.73. The number of likely N-dealkylation sites (N-methyl/N-ethyl adjacent to an activating group) is 1. The number of ether oxygens (including phenoxy) is 2. The van der Waals surface area contributed by atoms with Crippen LogP contribution in [0.3, 0.4) is 0 Å². The zero-order valence-corrected chi connectivity index (χ0v) is 15.8. The van der Waals surface area contributed by atoms with Gasteiger partial charge in [0, 0.05) is 26.1 Å². The number of nitrogens with zero attached hydrogens (tertiary/aromatic N) is 3. The molecule has 0 bridgehead atoms. The van der Waals surface area contributed by atoms with Crippen LogP contribution in [0.2, 0.25) is 0 Å². The smallest absolute Gasteiger partial charge is 0.326 e. The van der Waals surface area contributed by atoms with Gasteiger partial charge in [0.15, 0.2) is 11.5 Å². The number of hydrogen-bond acceptors (Lipinski definition) is 6. The Hall–Kier alpha value is -3.10. The maximum atomic E-state index is 12.7. The molecule has 9 nitrogen and oxygen atoms in total. The van der Waals surface area contributed by atoms with Gasteiger partial charge in [-0.15, -0.1) is 0 Å². The van der Waals surface area contributed by atoms with Crippen molar-refractivity contribution < 1.29 is 24.2 Å². The number of aromatic nitrogens is 2. The van der Waals surface area contributed by atoms with Gasteiger partial charge in [0.25, 0.3) is 5.56 Å². The Kier molecular flexibility index (Phi) is 6.38. The van der Waals surface area contributed by atoms with E-state index in [-0.39, 0.29) is 24.4 Å². The molecule has 1 atom stereocenters. The van der Waals surface area contributed by atoms with Gasteiger partial charge in [0.2, 0.25) is 5.91 Å². The molecule has 0 aliphatic heterocycles. The molecule has 1 N–H and O–H groups in total. The minimum absolute atomic E-state index is 0.129. The molecule has 1 heterocycles. The average Bonchev–Trinajstić information content (AvgIpc) is 2.67. The van der Waals surface area contributed by atoms with Crippen molar-refractivity contribution in [1.29, 1.82) is 0 Å². The number of carboxylic acid groups (broad SMARTS) is 1. The molecule has 0 aliphatic carbocycles. The zero-order valence-electron chi connectivity index (χ0n) is 15.8. The van der Waals surface area contributed by atoms with E-state index in [1.165, 1.54) is 44.0 Å². The number of carbonyl (C=O) groups excluding carboxylic acids is 1. The molecule has 2 aromatic rings. The van der Waals surface area contributed by atoms with Crippen LogP contribution in [0, 0.1) is 0 Å². The van der Waals surface area contributed by atoms with E-state index in [4.69, 9.17) is 14.6 Å². The Balaban J connectivity index is 2.13. The number of carboxylic acids is 1. The normalized spacial score (nSPS) is 11.9. The molecule has 1 aromatic carbocycles. The highest BCUT2D eigenvalue weighted by Gasteiger charge is 2.21. The van der Waals surface area contributed by atoms with Crippen molar-refractivity contribution in [2.24, 2.45) is 0 Å². The van der Waals surface area contributed by atoms with Crippen molar-refractivity contribution in [3.05, 3.63) is 28.8 Å². The fourth-order valence-corrected chi connectivity index (χ4v) is 2.60. The van der Waals surface area contributed by atoms with Crippen LogP contribution >= 0.6 is 0 Å². The lowest BCUT2D eigenvalue weighted by Crippen LogP contribution is -2.40. The van der Waals surface area contributed by atoms with Crippen LogP contribution in [0.25, 0.3) is 10.9 Å². The zero-order chi connectivity index (χ0) is 20.1. The minimum atomic E-state index is -1.06. The number of carbonyl (C=O) groups is 2. The average molecular weight is 377 g/mol. The molecule has 0 fully saturated rings. The van der Waals surface area contributed by atoms with Gasteiger partial charge >= 0.3 is 5.97 Å². The molecule has 146 valence electrons. The van der Waals surface area contributed by atoms with E-state index in [1.54, 1.807) is 12.1 Å². The lowest BCUT2D eigenvalue weighted by molar-refractivity contribution is -0.148. The summed E-state index contributed by atoms with van der Waals surface area (Å²) in [6.07, 6.45) is 1.94. The summed E-state index contributed by atoms with van der Waals surface area (Å²) in [5.41, 5.74) is 0.237. The second kappa shape index (κ2) is 8.52. The van der Waals surface area contributed by atoms with Crippen molar-refractivity contribution in [3.63, 3.8) is 0 Å². The quantitative estimate of drug-likeness (QED) is 0.734.